The van der Waals surface area contributed by atoms with Gasteiger partial charge in [-0.15, -0.1) is 0 Å². The van der Waals surface area contributed by atoms with Gasteiger partial charge >= 0.3 is 0 Å². The second-order valence-electron chi connectivity index (χ2n) is 2.30. The first kappa shape index (κ1) is 7.94. The standard InChI is InChI=1S/C7H6BrN3S/c1-5-9-2-3-11(5)6-4-10-7(8)12-6/h2-4H,1H3. The summed E-state index contributed by atoms with van der Waals surface area (Å²) in [6, 6.07) is 0. The van der Waals surface area contributed by atoms with Crippen molar-refractivity contribution in [1.29, 1.82) is 0 Å². The molecule has 62 valence electrons. The van der Waals surface area contributed by atoms with E-state index >= 15 is 0 Å². The van der Waals surface area contributed by atoms with Gasteiger partial charge in [-0.05, 0) is 22.9 Å². The fourth-order valence-electron chi connectivity index (χ4n) is 0.967. The first-order valence-corrected chi connectivity index (χ1v) is 5.00. The summed E-state index contributed by atoms with van der Waals surface area (Å²) in [5, 5.41) is 1.08. The lowest BCUT2D eigenvalue weighted by Gasteiger charge is -1.97. The minimum absolute atomic E-state index is 0.894. The van der Waals surface area contributed by atoms with Crippen LogP contribution >= 0.6 is 27.3 Å². The Morgan fingerprint density at radius 3 is 2.83 bits per heavy atom. The monoisotopic (exact) mass is 243 g/mol. The molecule has 0 saturated heterocycles. The maximum absolute atomic E-state index is 4.13. The van der Waals surface area contributed by atoms with Crippen LogP contribution in [0.4, 0.5) is 0 Å². The van der Waals surface area contributed by atoms with Crippen LogP contribution in [-0.4, -0.2) is 14.5 Å². The molecule has 0 amide bonds. The highest BCUT2D eigenvalue weighted by atomic mass is 79.9. The third-order valence-electron chi connectivity index (χ3n) is 1.53. The molecule has 2 aromatic heterocycles. The molecule has 0 radical (unpaired) electrons. The molecular weight excluding hydrogens is 238 g/mol. The van der Waals surface area contributed by atoms with Gasteiger partial charge in [-0.25, -0.2) is 9.97 Å². The molecule has 0 aliphatic heterocycles. The highest BCUT2D eigenvalue weighted by molar-refractivity contribution is 9.11. The van der Waals surface area contributed by atoms with Gasteiger partial charge in [0.2, 0.25) is 0 Å². The van der Waals surface area contributed by atoms with Gasteiger partial charge < -0.3 is 0 Å². The zero-order chi connectivity index (χ0) is 8.55. The Labute approximate surface area is 82.2 Å². The van der Waals surface area contributed by atoms with Crippen molar-refractivity contribution >= 4 is 27.3 Å². The fourth-order valence-corrected chi connectivity index (χ4v) is 2.24. The van der Waals surface area contributed by atoms with E-state index in [-0.39, 0.29) is 0 Å². The molecule has 2 heterocycles. The van der Waals surface area contributed by atoms with E-state index in [1.54, 1.807) is 17.5 Å². The summed E-state index contributed by atoms with van der Waals surface area (Å²) >= 11 is 4.90. The SMILES string of the molecule is Cc1nccn1-c1cnc(Br)s1. The normalized spacial score (nSPS) is 10.5. The van der Waals surface area contributed by atoms with Crippen molar-refractivity contribution in [2.24, 2.45) is 0 Å². The largest absolute Gasteiger partial charge is 0.294 e. The minimum atomic E-state index is 0.894. The third kappa shape index (κ3) is 1.30. The molecule has 12 heavy (non-hydrogen) atoms. The van der Waals surface area contributed by atoms with Crippen molar-refractivity contribution in [3.63, 3.8) is 0 Å². The molecule has 3 nitrogen and oxygen atoms in total. The Bertz CT molecular complexity index is 393. The number of hydrogen-bond acceptors (Lipinski definition) is 3. The van der Waals surface area contributed by atoms with Crippen LogP contribution in [0, 0.1) is 6.92 Å². The number of aromatic nitrogens is 3. The maximum atomic E-state index is 4.13. The van der Waals surface area contributed by atoms with E-state index in [1.807, 2.05) is 23.9 Å². The van der Waals surface area contributed by atoms with Crippen LogP contribution in [-0.2, 0) is 0 Å². The topological polar surface area (TPSA) is 30.7 Å². The van der Waals surface area contributed by atoms with Gasteiger partial charge in [-0.3, -0.25) is 4.57 Å². The molecule has 0 N–H and O–H groups in total. The predicted octanol–water partition coefficient (Wildman–Crippen LogP) is 2.40. The zero-order valence-electron chi connectivity index (χ0n) is 6.36. The van der Waals surface area contributed by atoms with Crippen molar-refractivity contribution in [2.45, 2.75) is 6.92 Å². The molecule has 0 saturated carbocycles. The fraction of sp³-hybridized carbons (Fsp3) is 0.143. The Morgan fingerprint density at radius 2 is 2.33 bits per heavy atom. The summed E-state index contributed by atoms with van der Waals surface area (Å²) in [6.45, 7) is 1.97. The Hall–Kier alpha value is -0.680. The van der Waals surface area contributed by atoms with Crippen molar-refractivity contribution in [3.8, 4) is 5.00 Å². The number of rotatable bonds is 1. The molecule has 2 rings (SSSR count). The van der Waals surface area contributed by atoms with Gasteiger partial charge in [0.05, 0.1) is 6.20 Å². The first-order valence-electron chi connectivity index (χ1n) is 3.39. The summed E-state index contributed by atoms with van der Waals surface area (Å²) in [6.07, 6.45) is 5.53. The predicted molar refractivity (Wildman–Crippen MR) is 51.7 cm³/mol. The summed E-state index contributed by atoms with van der Waals surface area (Å²) in [5.41, 5.74) is 0. The number of nitrogens with zero attached hydrogens (tertiary/aromatic N) is 3. The Kier molecular flexibility index (Phi) is 1.98. The minimum Gasteiger partial charge on any atom is -0.294 e. The molecule has 0 bridgehead atoms. The lowest BCUT2D eigenvalue weighted by atomic mass is 10.6. The van der Waals surface area contributed by atoms with Crippen LogP contribution in [0.5, 0.6) is 0 Å². The van der Waals surface area contributed by atoms with Gasteiger partial charge in [0.25, 0.3) is 0 Å². The quantitative estimate of drug-likeness (QED) is 0.771. The highest BCUT2D eigenvalue weighted by Crippen LogP contribution is 2.22. The number of hydrogen-bond donors (Lipinski definition) is 0. The van der Waals surface area contributed by atoms with E-state index in [9.17, 15) is 0 Å². The molecule has 5 heteroatoms. The second-order valence-corrected chi connectivity index (χ2v) is 4.58. The van der Waals surface area contributed by atoms with E-state index in [1.165, 1.54) is 0 Å². The summed E-state index contributed by atoms with van der Waals surface area (Å²) in [5.74, 6) is 0.978. The summed E-state index contributed by atoms with van der Waals surface area (Å²) in [4.78, 5) is 8.23. The Balaban J connectivity index is 2.50. The van der Waals surface area contributed by atoms with Crippen LogP contribution < -0.4 is 0 Å². The third-order valence-corrected chi connectivity index (χ3v) is 3.00. The highest BCUT2D eigenvalue weighted by Gasteiger charge is 2.03. The molecule has 2 aromatic rings. The number of thiazole rings is 1. The second kappa shape index (κ2) is 2.99. The summed E-state index contributed by atoms with van der Waals surface area (Å²) in [7, 11) is 0. The van der Waals surface area contributed by atoms with Gasteiger partial charge in [-0.2, -0.15) is 0 Å². The number of halogens is 1. The van der Waals surface area contributed by atoms with Crippen LogP contribution in [0.3, 0.4) is 0 Å². The van der Waals surface area contributed by atoms with Crippen LogP contribution in [0.25, 0.3) is 5.00 Å². The molecule has 0 aliphatic rings. The zero-order valence-corrected chi connectivity index (χ0v) is 8.76. The van der Waals surface area contributed by atoms with Crippen molar-refractivity contribution in [1.82, 2.24) is 14.5 Å². The molecule has 0 aliphatic carbocycles. The molecule has 0 spiro atoms. The van der Waals surface area contributed by atoms with Crippen molar-refractivity contribution < 1.29 is 0 Å². The van der Waals surface area contributed by atoms with Crippen LogP contribution in [0.2, 0.25) is 0 Å². The molecule has 0 atom stereocenters. The van der Waals surface area contributed by atoms with Crippen molar-refractivity contribution in [2.75, 3.05) is 0 Å². The molecule has 0 unspecified atom stereocenters. The van der Waals surface area contributed by atoms with E-state index in [0.717, 1.165) is 14.7 Å². The number of aryl methyl sites for hydroxylation is 1. The molecule has 0 fully saturated rings. The first-order chi connectivity index (χ1) is 5.77. The van der Waals surface area contributed by atoms with Crippen LogP contribution in [0.1, 0.15) is 5.82 Å². The van der Waals surface area contributed by atoms with E-state index in [4.69, 9.17) is 0 Å². The van der Waals surface area contributed by atoms with Gasteiger partial charge in [-0.1, -0.05) is 11.3 Å². The lowest BCUT2D eigenvalue weighted by Crippen LogP contribution is -1.91. The molecular formula is C7H6BrN3S. The summed E-state index contributed by atoms with van der Waals surface area (Å²) < 4.78 is 2.90. The average Bonchev–Trinajstić information content (AvgIpc) is 2.58. The van der Waals surface area contributed by atoms with E-state index in [0.29, 0.717) is 0 Å². The number of imidazole rings is 1. The van der Waals surface area contributed by atoms with Crippen molar-refractivity contribution in [3.05, 3.63) is 28.3 Å². The van der Waals surface area contributed by atoms with E-state index in [2.05, 4.69) is 25.9 Å². The van der Waals surface area contributed by atoms with Gasteiger partial charge in [0, 0.05) is 12.4 Å². The smallest absolute Gasteiger partial charge is 0.161 e. The maximum Gasteiger partial charge on any atom is 0.161 e. The van der Waals surface area contributed by atoms with Gasteiger partial charge in [0.15, 0.2) is 3.92 Å². The molecule has 0 aromatic carbocycles. The average molecular weight is 244 g/mol. The lowest BCUT2D eigenvalue weighted by molar-refractivity contribution is 0.989. The van der Waals surface area contributed by atoms with E-state index < -0.39 is 0 Å². The van der Waals surface area contributed by atoms with Gasteiger partial charge in [0.1, 0.15) is 10.8 Å². The Morgan fingerprint density at radius 1 is 1.50 bits per heavy atom. The van der Waals surface area contributed by atoms with Crippen LogP contribution in [0.15, 0.2) is 22.5 Å².